The fourth-order valence-corrected chi connectivity index (χ4v) is 3.25. The van der Waals surface area contributed by atoms with Crippen molar-refractivity contribution in [3.63, 3.8) is 0 Å². The maximum Gasteiger partial charge on any atom is 0.253 e. The van der Waals surface area contributed by atoms with Gasteiger partial charge < -0.3 is 16.0 Å². The molecule has 0 heterocycles. The van der Waals surface area contributed by atoms with E-state index in [0.717, 1.165) is 22.9 Å². The van der Waals surface area contributed by atoms with Crippen molar-refractivity contribution in [1.29, 1.82) is 0 Å². The van der Waals surface area contributed by atoms with Crippen LogP contribution >= 0.6 is 11.6 Å². The summed E-state index contributed by atoms with van der Waals surface area (Å²) in [6, 6.07) is 18.7. The summed E-state index contributed by atoms with van der Waals surface area (Å²) in [5, 5.41) is 11.3. The van der Waals surface area contributed by atoms with Crippen molar-refractivity contribution < 1.29 is 9.59 Å². The Morgan fingerprint density at radius 2 is 1.73 bits per heavy atom. The second-order valence-corrected chi connectivity index (χ2v) is 8.22. The quantitative estimate of drug-likeness (QED) is 0.472. The minimum absolute atomic E-state index is 0.0773. The van der Waals surface area contributed by atoms with Crippen LogP contribution in [0, 0.1) is 0 Å². The number of benzene rings is 3. The molecule has 5 nitrogen and oxygen atoms in total. The molecule has 0 aromatic heterocycles. The molecule has 0 saturated heterocycles. The number of fused-ring (bicyclic) bond motifs is 1. The maximum atomic E-state index is 12.4. The lowest BCUT2D eigenvalue weighted by atomic mass is 10.0. The molecule has 30 heavy (non-hydrogen) atoms. The number of hydrogen-bond acceptors (Lipinski definition) is 3. The van der Waals surface area contributed by atoms with Crippen LogP contribution in [0.1, 0.15) is 37.6 Å². The van der Waals surface area contributed by atoms with Crippen molar-refractivity contribution in [3.05, 3.63) is 71.2 Å². The number of hydrogen-bond donors (Lipinski definition) is 3. The van der Waals surface area contributed by atoms with Gasteiger partial charge in [0.15, 0.2) is 0 Å². The molecule has 0 spiro atoms. The van der Waals surface area contributed by atoms with Gasteiger partial charge in [-0.3, -0.25) is 9.59 Å². The average molecular weight is 424 g/mol. The van der Waals surface area contributed by atoms with Gasteiger partial charge in [-0.05, 0) is 49.9 Å². The highest BCUT2D eigenvalue weighted by molar-refractivity contribution is 6.34. The van der Waals surface area contributed by atoms with Crippen LogP contribution in [0.5, 0.6) is 0 Å². The second-order valence-electron chi connectivity index (χ2n) is 7.81. The van der Waals surface area contributed by atoms with Gasteiger partial charge in [0.05, 0.1) is 17.1 Å². The molecule has 0 atom stereocenters. The average Bonchev–Trinajstić information content (AvgIpc) is 2.72. The summed E-state index contributed by atoms with van der Waals surface area (Å²) in [5.41, 5.74) is 1.53. The first-order valence-corrected chi connectivity index (χ1v) is 10.3. The molecule has 0 saturated carbocycles. The molecule has 0 fully saturated rings. The van der Waals surface area contributed by atoms with Gasteiger partial charge in [-0.2, -0.15) is 0 Å². The minimum atomic E-state index is -0.308. The van der Waals surface area contributed by atoms with Crippen LogP contribution in [0.15, 0.2) is 60.7 Å². The van der Waals surface area contributed by atoms with Crippen LogP contribution in [-0.2, 0) is 4.79 Å². The molecule has 0 aliphatic rings. The summed E-state index contributed by atoms with van der Waals surface area (Å²) < 4.78 is 0. The normalized spacial score (nSPS) is 11.2. The van der Waals surface area contributed by atoms with Gasteiger partial charge in [-0.25, -0.2) is 0 Å². The smallest absolute Gasteiger partial charge is 0.253 e. The van der Waals surface area contributed by atoms with Crippen molar-refractivity contribution in [1.82, 2.24) is 5.32 Å². The highest BCUT2D eigenvalue weighted by Gasteiger charge is 2.20. The Morgan fingerprint density at radius 1 is 1.00 bits per heavy atom. The van der Waals surface area contributed by atoms with Crippen LogP contribution in [-0.4, -0.2) is 23.9 Å². The third-order valence-electron chi connectivity index (χ3n) is 5.07. The third kappa shape index (κ3) is 5.30. The van der Waals surface area contributed by atoms with E-state index in [1.54, 1.807) is 18.2 Å². The van der Waals surface area contributed by atoms with Gasteiger partial charge in [0.25, 0.3) is 5.91 Å². The van der Waals surface area contributed by atoms with E-state index in [9.17, 15) is 9.59 Å². The molecule has 0 aliphatic heterocycles. The zero-order valence-electron chi connectivity index (χ0n) is 17.4. The SMILES string of the molecule is CCC(C)(C)NC(=O)c1ccc(NCC(=O)Nc2cccc3ccccc23)cc1Cl. The largest absolute Gasteiger partial charge is 0.376 e. The molecule has 0 radical (unpaired) electrons. The first-order chi connectivity index (χ1) is 14.3. The number of anilines is 2. The van der Waals surface area contributed by atoms with Crippen molar-refractivity contribution >= 4 is 45.6 Å². The second kappa shape index (κ2) is 9.18. The van der Waals surface area contributed by atoms with Gasteiger partial charge in [0.2, 0.25) is 5.91 Å². The molecule has 0 aliphatic carbocycles. The Labute approximate surface area is 181 Å². The van der Waals surface area contributed by atoms with Crippen LogP contribution < -0.4 is 16.0 Å². The zero-order chi connectivity index (χ0) is 21.7. The highest BCUT2D eigenvalue weighted by atomic mass is 35.5. The van der Waals surface area contributed by atoms with Crippen molar-refractivity contribution in [2.24, 2.45) is 0 Å². The zero-order valence-corrected chi connectivity index (χ0v) is 18.1. The molecule has 3 aromatic carbocycles. The van der Waals surface area contributed by atoms with Gasteiger partial charge in [0.1, 0.15) is 0 Å². The van der Waals surface area contributed by atoms with Crippen molar-refractivity contribution in [2.45, 2.75) is 32.7 Å². The first-order valence-electron chi connectivity index (χ1n) is 9.92. The Hall–Kier alpha value is -3.05. The van der Waals surface area contributed by atoms with E-state index in [1.807, 2.05) is 63.2 Å². The van der Waals surface area contributed by atoms with Crippen molar-refractivity contribution in [2.75, 3.05) is 17.2 Å². The molecule has 0 bridgehead atoms. The Balaban J connectivity index is 1.62. The fraction of sp³-hybridized carbons (Fsp3) is 0.250. The molecule has 2 amide bonds. The van der Waals surface area contributed by atoms with Crippen LogP contribution in [0.25, 0.3) is 10.8 Å². The van der Waals surface area contributed by atoms with E-state index >= 15 is 0 Å². The van der Waals surface area contributed by atoms with Gasteiger partial charge in [-0.1, -0.05) is 54.9 Å². The Kier molecular flexibility index (Phi) is 6.63. The summed E-state index contributed by atoms with van der Waals surface area (Å²) in [4.78, 5) is 24.9. The van der Waals surface area contributed by atoms with E-state index in [0.29, 0.717) is 16.3 Å². The van der Waals surface area contributed by atoms with Crippen LogP contribution in [0.3, 0.4) is 0 Å². The van der Waals surface area contributed by atoms with E-state index < -0.39 is 0 Å². The summed E-state index contributed by atoms with van der Waals surface area (Å²) in [6.07, 6.45) is 0.807. The minimum Gasteiger partial charge on any atom is -0.376 e. The summed E-state index contributed by atoms with van der Waals surface area (Å²) in [6.45, 7) is 6.01. The first kappa shape index (κ1) is 21.7. The molecule has 6 heteroatoms. The topological polar surface area (TPSA) is 70.2 Å². The van der Waals surface area contributed by atoms with E-state index in [1.165, 1.54) is 0 Å². The predicted molar refractivity (Wildman–Crippen MR) is 124 cm³/mol. The number of nitrogens with one attached hydrogen (secondary N) is 3. The Bertz CT molecular complexity index is 1070. The molecule has 3 rings (SSSR count). The molecular formula is C24H26ClN3O2. The lowest BCUT2D eigenvalue weighted by molar-refractivity contribution is -0.114. The van der Waals surface area contributed by atoms with Gasteiger partial charge in [0, 0.05) is 22.3 Å². The standard InChI is InChI=1S/C24H26ClN3O2/c1-4-24(2,3)28-23(30)19-13-12-17(14-20(19)25)26-15-22(29)27-21-11-7-9-16-8-5-6-10-18(16)21/h5-14,26H,4,15H2,1-3H3,(H,27,29)(H,28,30). The number of rotatable bonds is 7. The predicted octanol–water partition coefficient (Wildman–Crippen LogP) is 5.46. The lowest BCUT2D eigenvalue weighted by Gasteiger charge is -2.24. The maximum absolute atomic E-state index is 12.4. The third-order valence-corrected chi connectivity index (χ3v) is 5.38. The van der Waals surface area contributed by atoms with Crippen molar-refractivity contribution in [3.8, 4) is 0 Å². The number of carbonyl (C=O) groups excluding carboxylic acids is 2. The Morgan fingerprint density at radius 3 is 2.47 bits per heavy atom. The monoisotopic (exact) mass is 423 g/mol. The number of carbonyl (C=O) groups is 2. The fourth-order valence-electron chi connectivity index (χ4n) is 2.98. The van der Waals surface area contributed by atoms with Gasteiger partial charge in [-0.15, -0.1) is 0 Å². The molecule has 0 unspecified atom stereocenters. The van der Waals surface area contributed by atoms with Crippen LogP contribution in [0.4, 0.5) is 11.4 Å². The highest BCUT2D eigenvalue weighted by Crippen LogP contribution is 2.24. The van der Waals surface area contributed by atoms with Gasteiger partial charge >= 0.3 is 0 Å². The molecule has 156 valence electrons. The van der Waals surface area contributed by atoms with E-state index in [4.69, 9.17) is 11.6 Å². The van der Waals surface area contributed by atoms with E-state index in [-0.39, 0.29) is 23.9 Å². The lowest BCUT2D eigenvalue weighted by Crippen LogP contribution is -2.42. The summed E-state index contributed by atoms with van der Waals surface area (Å²) in [5.74, 6) is -0.388. The molecule has 3 aromatic rings. The molecule has 3 N–H and O–H groups in total. The summed E-state index contributed by atoms with van der Waals surface area (Å²) >= 11 is 6.31. The van der Waals surface area contributed by atoms with Crippen LogP contribution in [0.2, 0.25) is 5.02 Å². The van der Waals surface area contributed by atoms with E-state index in [2.05, 4.69) is 16.0 Å². The number of amides is 2. The number of halogens is 1. The summed E-state index contributed by atoms with van der Waals surface area (Å²) in [7, 11) is 0. The molecular weight excluding hydrogens is 398 g/mol.